The highest BCUT2D eigenvalue weighted by Gasteiger charge is 2.47. The van der Waals surface area contributed by atoms with Gasteiger partial charge in [-0.3, -0.25) is 24.0 Å². The molecule has 214 valence electrons. The summed E-state index contributed by atoms with van der Waals surface area (Å²) in [4.78, 5) is 43.4. The minimum absolute atomic E-state index is 0.0424. The molecule has 0 saturated heterocycles. The molecule has 0 spiro atoms. The molecule has 0 unspecified atom stereocenters. The first-order valence-electron chi connectivity index (χ1n) is 12.4. The molecule has 0 radical (unpaired) electrons. The van der Waals surface area contributed by atoms with Gasteiger partial charge in [-0.2, -0.15) is 18.3 Å². The molecular formula is C26H31Cl2F3N4O4. The molecule has 0 aliphatic heterocycles. The largest absolute Gasteiger partial charge is 0.481 e. The molecule has 0 aromatic carbocycles. The van der Waals surface area contributed by atoms with Gasteiger partial charge in [0.05, 0.1) is 45.4 Å². The maximum absolute atomic E-state index is 14.4. The number of halogens is 5. The summed E-state index contributed by atoms with van der Waals surface area (Å²) in [5, 5.41) is 13.5. The van der Waals surface area contributed by atoms with Crippen LogP contribution >= 0.6 is 23.2 Å². The fourth-order valence-electron chi connectivity index (χ4n) is 4.99. The van der Waals surface area contributed by atoms with E-state index in [-0.39, 0.29) is 41.4 Å². The van der Waals surface area contributed by atoms with Crippen molar-refractivity contribution in [2.24, 2.45) is 16.7 Å². The lowest BCUT2D eigenvalue weighted by Crippen LogP contribution is -2.42. The van der Waals surface area contributed by atoms with Crippen molar-refractivity contribution in [1.29, 1.82) is 0 Å². The summed E-state index contributed by atoms with van der Waals surface area (Å²) in [6, 6.07) is -0.752. The third-order valence-electron chi connectivity index (χ3n) is 7.26. The number of pyridine rings is 1. The van der Waals surface area contributed by atoms with E-state index < -0.39 is 64.4 Å². The number of hydrogen-bond donors (Lipinski definition) is 1. The highest BCUT2D eigenvalue weighted by atomic mass is 35.5. The molecule has 3 rings (SSSR count). The van der Waals surface area contributed by atoms with Crippen LogP contribution in [0.25, 0.3) is 0 Å². The smallest absolute Gasteiger partial charge is 0.433 e. The maximum Gasteiger partial charge on any atom is 0.433 e. The number of carboxylic acids is 1. The van der Waals surface area contributed by atoms with E-state index in [1.807, 2.05) is 0 Å². The molecule has 1 aliphatic carbocycles. The van der Waals surface area contributed by atoms with Crippen molar-refractivity contribution in [3.63, 3.8) is 0 Å². The minimum atomic E-state index is -4.94. The molecule has 2 aromatic rings. The normalized spacial score (nSPS) is 22.0. The molecule has 3 atom stereocenters. The van der Waals surface area contributed by atoms with Crippen molar-refractivity contribution < 1.29 is 32.7 Å². The monoisotopic (exact) mass is 590 g/mol. The van der Waals surface area contributed by atoms with E-state index in [2.05, 4.69) is 10.1 Å². The van der Waals surface area contributed by atoms with E-state index in [9.17, 15) is 32.7 Å². The molecule has 39 heavy (non-hydrogen) atoms. The quantitative estimate of drug-likeness (QED) is 0.373. The molecule has 2 heterocycles. The van der Waals surface area contributed by atoms with Gasteiger partial charge < -0.3 is 10.0 Å². The second-order valence-electron chi connectivity index (χ2n) is 11.5. The Hall–Kier alpha value is -2.66. The van der Waals surface area contributed by atoms with Gasteiger partial charge in [-0.25, -0.2) is 0 Å². The molecule has 1 fully saturated rings. The van der Waals surface area contributed by atoms with Crippen LogP contribution in [0.2, 0.25) is 10.0 Å². The van der Waals surface area contributed by atoms with Crippen molar-refractivity contribution in [1.82, 2.24) is 19.7 Å². The lowest BCUT2D eigenvalue weighted by atomic mass is 9.67. The summed E-state index contributed by atoms with van der Waals surface area (Å²) < 4.78 is 44.1. The summed E-state index contributed by atoms with van der Waals surface area (Å²) in [5.74, 6) is -3.10. The highest BCUT2D eigenvalue weighted by Crippen LogP contribution is 2.47. The first-order valence-corrected chi connectivity index (χ1v) is 13.1. The van der Waals surface area contributed by atoms with Crippen molar-refractivity contribution in [3.05, 3.63) is 45.5 Å². The van der Waals surface area contributed by atoms with Crippen LogP contribution in [0.1, 0.15) is 86.3 Å². The lowest BCUT2D eigenvalue weighted by molar-refractivity contribution is -0.155. The zero-order valence-corrected chi connectivity index (χ0v) is 23.8. The summed E-state index contributed by atoms with van der Waals surface area (Å²) in [6.07, 6.45) is -1.20. The molecule has 8 nitrogen and oxygen atoms in total. The van der Waals surface area contributed by atoms with Gasteiger partial charge in [0.2, 0.25) is 0 Å². The van der Waals surface area contributed by atoms with E-state index >= 15 is 0 Å². The van der Waals surface area contributed by atoms with Gasteiger partial charge in [0.1, 0.15) is 0 Å². The van der Waals surface area contributed by atoms with E-state index in [1.165, 1.54) is 12.4 Å². The first kappa shape index (κ1) is 30.9. The first-order chi connectivity index (χ1) is 17.9. The maximum atomic E-state index is 14.4. The number of amides is 1. The van der Waals surface area contributed by atoms with Gasteiger partial charge >= 0.3 is 12.1 Å². The van der Waals surface area contributed by atoms with Crippen molar-refractivity contribution >= 4 is 40.9 Å². The summed E-state index contributed by atoms with van der Waals surface area (Å²) in [7, 11) is 0. The van der Waals surface area contributed by atoms with Crippen LogP contribution in [0.4, 0.5) is 13.2 Å². The number of carbonyl (C=O) groups is 3. The van der Waals surface area contributed by atoms with Crippen LogP contribution in [-0.2, 0) is 11.0 Å². The number of aromatic nitrogens is 3. The molecule has 0 bridgehead atoms. The van der Waals surface area contributed by atoms with Gasteiger partial charge in [-0.15, -0.1) is 0 Å². The molecular weight excluding hydrogens is 560 g/mol. The third-order valence-corrected chi connectivity index (χ3v) is 7.83. The van der Waals surface area contributed by atoms with Gasteiger partial charge in [-0.1, -0.05) is 50.9 Å². The Balaban J connectivity index is 2.01. The van der Waals surface area contributed by atoms with Gasteiger partial charge in [0.15, 0.2) is 11.5 Å². The molecule has 1 saturated carbocycles. The fourth-order valence-corrected chi connectivity index (χ4v) is 5.56. The molecule has 1 amide bonds. The van der Waals surface area contributed by atoms with Crippen molar-refractivity contribution in [2.45, 2.75) is 66.1 Å². The van der Waals surface area contributed by atoms with Crippen LogP contribution in [-0.4, -0.2) is 55.5 Å². The van der Waals surface area contributed by atoms with Gasteiger partial charge in [0, 0.05) is 18.9 Å². The molecule has 13 heteroatoms. The summed E-state index contributed by atoms with van der Waals surface area (Å²) >= 11 is 12.2. The van der Waals surface area contributed by atoms with Crippen LogP contribution in [0.15, 0.2) is 18.6 Å². The average Bonchev–Trinajstić information content (AvgIpc) is 3.24. The number of rotatable bonds is 7. The number of nitrogens with zero attached hydrogens (tertiary/aromatic N) is 4. The SMILES string of the molecule is C[C@H]1C[C@H](n2ncc(C(=O)N(CC(=O)c3c(Cl)cncc3Cl)CC(C)(C)C)c2C(F)(F)F)CC[C@]1(C)C(=O)O. The summed E-state index contributed by atoms with van der Waals surface area (Å²) in [6.45, 7) is 8.00. The highest BCUT2D eigenvalue weighted by molar-refractivity contribution is 6.39. The predicted octanol–water partition coefficient (Wildman–Crippen LogP) is 6.43. The predicted molar refractivity (Wildman–Crippen MR) is 139 cm³/mol. The van der Waals surface area contributed by atoms with E-state index in [0.717, 1.165) is 15.8 Å². The summed E-state index contributed by atoms with van der Waals surface area (Å²) in [5.41, 5.74) is -3.64. The van der Waals surface area contributed by atoms with Gasteiger partial charge in [0.25, 0.3) is 5.91 Å². The van der Waals surface area contributed by atoms with Crippen LogP contribution in [0, 0.1) is 16.7 Å². The third kappa shape index (κ3) is 6.57. The van der Waals surface area contributed by atoms with Crippen molar-refractivity contribution in [3.8, 4) is 0 Å². The van der Waals surface area contributed by atoms with E-state index in [0.29, 0.717) is 0 Å². The van der Waals surface area contributed by atoms with Crippen LogP contribution in [0.3, 0.4) is 0 Å². The van der Waals surface area contributed by atoms with Gasteiger partial charge in [-0.05, 0) is 37.5 Å². The Morgan fingerprint density at radius 2 is 1.74 bits per heavy atom. The molecule has 1 aliphatic rings. The second kappa shape index (κ2) is 11.1. The Labute approximate surface area is 234 Å². The number of Topliss-reactive ketones (excluding diaryl/α,β-unsaturated/α-hetero) is 1. The Kier molecular flexibility index (Phi) is 8.77. The van der Waals surface area contributed by atoms with Crippen LogP contribution < -0.4 is 0 Å². The number of carbonyl (C=O) groups excluding carboxylic acids is 2. The Morgan fingerprint density at radius 3 is 2.23 bits per heavy atom. The van der Waals surface area contributed by atoms with E-state index in [4.69, 9.17) is 23.2 Å². The van der Waals surface area contributed by atoms with E-state index in [1.54, 1.807) is 34.6 Å². The Bertz CT molecular complexity index is 1250. The number of ketones is 1. The lowest BCUT2D eigenvalue weighted by Gasteiger charge is -2.40. The zero-order valence-electron chi connectivity index (χ0n) is 22.3. The van der Waals surface area contributed by atoms with Crippen molar-refractivity contribution in [2.75, 3.05) is 13.1 Å². The zero-order chi connectivity index (χ0) is 29.5. The fraction of sp³-hybridized carbons (Fsp3) is 0.577. The molecule has 1 N–H and O–H groups in total. The molecule has 2 aromatic heterocycles. The number of alkyl halides is 3. The second-order valence-corrected chi connectivity index (χ2v) is 12.3. The number of hydrogen-bond acceptors (Lipinski definition) is 5. The number of aliphatic carboxylic acids is 1. The minimum Gasteiger partial charge on any atom is -0.481 e. The topological polar surface area (TPSA) is 105 Å². The number of carboxylic acid groups (broad SMARTS) is 1. The van der Waals surface area contributed by atoms with Crippen LogP contribution in [0.5, 0.6) is 0 Å². The Morgan fingerprint density at radius 1 is 1.15 bits per heavy atom. The average molecular weight is 591 g/mol. The standard InChI is InChI=1S/C26H31Cl2F3N4O4/c1-14-8-15(6-7-25(14,5)23(38)39)35-21(26(29,30)31)16(9-33-35)22(37)34(13-24(2,3)4)12-19(36)20-17(27)10-32-11-18(20)28/h9-11,14-15H,6-8,12-13H2,1-5H3,(H,38,39)/t14-,15+,25-/m0/s1.